The van der Waals surface area contributed by atoms with Crippen molar-refractivity contribution in [3.05, 3.63) is 70.3 Å². The van der Waals surface area contributed by atoms with Crippen molar-refractivity contribution in [2.75, 3.05) is 0 Å². The predicted molar refractivity (Wildman–Crippen MR) is 126 cm³/mol. The molecule has 0 bridgehead atoms. The largest absolute Gasteiger partial charge is 0.490 e. The van der Waals surface area contributed by atoms with Crippen LogP contribution in [0.25, 0.3) is 10.9 Å². The maximum absolute atomic E-state index is 13.0. The summed E-state index contributed by atoms with van der Waals surface area (Å²) in [5.74, 6) is 1.43. The number of nitrogens with one attached hydrogen (secondary N) is 1. The standard InChI is InChI=1S/C26H31N3O3/c1-18(2)29(17-24-27-23-13-6-5-12-22(23)26(31)28-24)25(30)15-14-19-8-7-11-21(16-19)32-20-9-3-4-10-20/h5-8,11-13,16,18,20H,3-4,9-10,14-15,17H2,1-2H3,(H,27,28,31). The second kappa shape index (κ2) is 9.98. The van der Waals surface area contributed by atoms with Crippen molar-refractivity contribution in [3.63, 3.8) is 0 Å². The smallest absolute Gasteiger partial charge is 0.258 e. The fourth-order valence-electron chi connectivity index (χ4n) is 4.30. The number of carbonyl (C=O) groups excluding carboxylic acids is 1. The molecule has 0 radical (unpaired) electrons. The molecule has 1 aromatic heterocycles. The lowest BCUT2D eigenvalue weighted by Gasteiger charge is -2.26. The Morgan fingerprint density at radius 1 is 1.16 bits per heavy atom. The average Bonchev–Trinajstić information content (AvgIpc) is 3.29. The minimum absolute atomic E-state index is 0.00342. The topological polar surface area (TPSA) is 75.3 Å². The van der Waals surface area contributed by atoms with Crippen molar-refractivity contribution < 1.29 is 9.53 Å². The minimum Gasteiger partial charge on any atom is -0.490 e. The molecule has 1 amide bonds. The lowest BCUT2D eigenvalue weighted by Crippen LogP contribution is -2.37. The zero-order chi connectivity index (χ0) is 22.5. The van der Waals surface area contributed by atoms with Crippen LogP contribution in [0.2, 0.25) is 0 Å². The lowest BCUT2D eigenvalue weighted by atomic mass is 10.1. The summed E-state index contributed by atoms with van der Waals surface area (Å²) in [6, 6.07) is 15.3. The number of aromatic amines is 1. The molecule has 6 heteroatoms. The quantitative estimate of drug-likeness (QED) is 0.563. The number of hydrogen-bond acceptors (Lipinski definition) is 4. The number of fused-ring (bicyclic) bond motifs is 1. The molecule has 3 aromatic rings. The number of aryl methyl sites for hydroxylation is 1. The van der Waals surface area contributed by atoms with Crippen LogP contribution < -0.4 is 10.3 Å². The third-order valence-electron chi connectivity index (χ3n) is 6.06. The van der Waals surface area contributed by atoms with Crippen molar-refractivity contribution in [3.8, 4) is 5.75 Å². The van der Waals surface area contributed by atoms with E-state index in [4.69, 9.17) is 4.74 Å². The molecular weight excluding hydrogens is 402 g/mol. The Balaban J connectivity index is 1.41. The van der Waals surface area contributed by atoms with E-state index in [9.17, 15) is 9.59 Å². The number of rotatable bonds is 8. The van der Waals surface area contributed by atoms with E-state index in [1.807, 2.05) is 56.3 Å². The molecule has 32 heavy (non-hydrogen) atoms. The molecule has 0 atom stereocenters. The highest BCUT2D eigenvalue weighted by atomic mass is 16.5. The first-order valence-electron chi connectivity index (χ1n) is 11.5. The monoisotopic (exact) mass is 433 g/mol. The number of amides is 1. The second-order valence-electron chi connectivity index (χ2n) is 8.82. The third-order valence-corrected chi connectivity index (χ3v) is 6.06. The number of benzene rings is 2. The van der Waals surface area contributed by atoms with Crippen LogP contribution in [0.4, 0.5) is 0 Å². The Bertz CT molecular complexity index is 1130. The van der Waals surface area contributed by atoms with Crippen LogP contribution in [0.5, 0.6) is 5.75 Å². The van der Waals surface area contributed by atoms with Gasteiger partial charge in [0.2, 0.25) is 5.91 Å². The van der Waals surface area contributed by atoms with Gasteiger partial charge in [-0.1, -0.05) is 24.3 Å². The van der Waals surface area contributed by atoms with Gasteiger partial charge in [0.25, 0.3) is 5.56 Å². The van der Waals surface area contributed by atoms with Gasteiger partial charge in [0.15, 0.2) is 0 Å². The van der Waals surface area contributed by atoms with Crippen LogP contribution in [0.1, 0.15) is 57.3 Å². The summed E-state index contributed by atoms with van der Waals surface area (Å²) in [4.78, 5) is 34.6. The number of aromatic nitrogens is 2. The fourth-order valence-corrected chi connectivity index (χ4v) is 4.30. The number of carbonyl (C=O) groups is 1. The highest BCUT2D eigenvalue weighted by molar-refractivity contribution is 5.78. The molecule has 1 aliphatic rings. The van der Waals surface area contributed by atoms with Crippen molar-refractivity contribution in [1.29, 1.82) is 0 Å². The molecular formula is C26H31N3O3. The maximum atomic E-state index is 13.0. The van der Waals surface area contributed by atoms with Gasteiger partial charge in [-0.15, -0.1) is 0 Å². The summed E-state index contributed by atoms with van der Waals surface area (Å²) in [7, 11) is 0. The molecule has 0 spiro atoms. The summed E-state index contributed by atoms with van der Waals surface area (Å²) in [5, 5.41) is 0.554. The summed E-state index contributed by atoms with van der Waals surface area (Å²) >= 11 is 0. The molecule has 1 fully saturated rings. The van der Waals surface area contributed by atoms with Crippen molar-refractivity contribution >= 4 is 16.8 Å². The van der Waals surface area contributed by atoms with E-state index in [1.165, 1.54) is 12.8 Å². The van der Waals surface area contributed by atoms with Crippen LogP contribution in [-0.4, -0.2) is 32.9 Å². The van der Waals surface area contributed by atoms with Crippen molar-refractivity contribution in [2.45, 2.75) is 71.1 Å². The molecule has 6 nitrogen and oxygen atoms in total. The van der Waals surface area contributed by atoms with E-state index in [-0.39, 0.29) is 24.1 Å². The number of H-pyrrole nitrogens is 1. The fraction of sp³-hybridized carbons (Fsp3) is 0.423. The summed E-state index contributed by atoms with van der Waals surface area (Å²) < 4.78 is 6.10. The Morgan fingerprint density at radius 2 is 1.94 bits per heavy atom. The summed E-state index contributed by atoms with van der Waals surface area (Å²) in [6.07, 6.45) is 6.07. The van der Waals surface area contributed by atoms with E-state index < -0.39 is 0 Å². The van der Waals surface area contributed by atoms with Gasteiger partial charge >= 0.3 is 0 Å². The first kappa shape index (κ1) is 22.1. The van der Waals surface area contributed by atoms with Crippen LogP contribution >= 0.6 is 0 Å². The van der Waals surface area contributed by atoms with Gasteiger partial charge in [-0.25, -0.2) is 4.98 Å². The van der Waals surface area contributed by atoms with E-state index in [0.29, 0.717) is 35.7 Å². The predicted octanol–water partition coefficient (Wildman–Crippen LogP) is 4.61. The number of nitrogens with zero attached hydrogens (tertiary/aromatic N) is 2. The van der Waals surface area contributed by atoms with Gasteiger partial charge in [-0.2, -0.15) is 0 Å². The molecule has 4 rings (SSSR count). The van der Waals surface area contributed by atoms with Crippen LogP contribution in [0, 0.1) is 0 Å². The van der Waals surface area contributed by atoms with Crippen molar-refractivity contribution in [2.24, 2.45) is 0 Å². The number of para-hydroxylation sites is 1. The highest BCUT2D eigenvalue weighted by Crippen LogP contribution is 2.25. The minimum atomic E-state index is -0.180. The SMILES string of the molecule is CC(C)N(Cc1nc2ccccc2c(=O)[nH]1)C(=O)CCc1cccc(OC2CCCC2)c1. The van der Waals surface area contributed by atoms with Gasteiger partial charge in [-0.3, -0.25) is 9.59 Å². The zero-order valence-corrected chi connectivity index (χ0v) is 18.8. The molecule has 1 aliphatic carbocycles. The Morgan fingerprint density at radius 3 is 2.72 bits per heavy atom. The molecule has 1 saturated carbocycles. The Hall–Kier alpha value is -3.15. The molecule has 2 aromatic carbocycles. The lowest BCUT2D eigenvalue weighted by molar-refractivity contribution is -0.133. The Kier molecular flexibility index (Phi) is 6.88. The van der Waals surface area contributed by atoms with Crippen LogP contribution in [0.15, 0.2) is 53.3 Å². The first-order valence-corrected chi connectivity index (χ1v) is 11.5. The summed E-state index contributed by atoms with van der Waals surface area (Å²) in [5.41, 5.74) is 1.55. The van der Waals surface area contributed by atoms with E-state index in [0.717, 1.165) is 24.2 Å². The van der Waals surface area contributed by atoms with E-state index >= 15 is 0 Å². The van der Waals surface area contributed by atoms with Gasteiger partial charge in [-0.05, 0) is 75.8 Å². The molecule has 0 unspecified atom stereocenters. The molecule has 0 aliphatic heterocycles. The molecule has 0 saturated heterocycles. The van der Waals surface area contributed by atoms with Gasteiger partial charge < -0.3 is 14.6 Å². The van der Waals surface area contributed by atoms with Gasteiger partial charge in [0.1, 0.15) is 11.6 Å². The number of hydrogen-bond donors (Lipinski definition) is 1. The normalized spacial score (nSPS) is 14.2. The van der Waals surface area contributed by atoms with Crippen LogP contribution in [-0.2, 0) is 17.8 Å². The zero-order valence-electron chi connectivity index (χ0n) is 18.8. The Labute approximate surface area is 188 Å². The average molecular weight is 434 g/mol. The van der Waals surface area contributed by atoms with Gasteiger partial charge in [0.05, 0.1) is 23.6 Å². The molecule has 1 N–H and O–H groups in total. The first-order chi connectivity index (χ1) is 15.5. The van der Waals surface area contributed by atoms with Crippen LogP contribution in [0.3, 0.4) is 0 Å². The third kappa shape index (κ3) is 5.36. The summed E-state index contributed by atoms with van der Waals surface area (Å²) in [6.45, 7) is 4.24. The van der Waals surface area contributed by atoms with Crippen molar-refractivity contribution in [1.82, 2.24) is 14.9 Å². The number of ether oxygens (including phenoxy) is 1. The molecule has 1 heterocycles. The van der Waals surface area contributed by atoms with E-state index in [1.54, 1.807) is 11.0 Å². The second-order valence-corrected chi connectivity index (χ2v) is 8.82. The maximum Gasteiger partial charge on any atom is 0.258 e. The van der Waals surface area contributed by atoms with Gasteiger partial charge in [0, 0.05) is 12.5 Å². The molecule has 168 valence electrons. The van der Waals surface area contributed by atoms with E-state index in [2.05, 4.69) is 9.97 Å². The highest BCUT2D eigenvalue weighted by Gasteiger charge is 2.20.